The number of rotatable bonds is 6. The molecule has 0 spiro atoms. The van der Waals surface area contributed by atoms with Crippen molar-refractivity contribution in [3.05, 3.63) is 40.7 Å². The van der Waals surface area contributed by atoms with Gasteiger partial charge in [-0.2, -0.15) is 13.9 Å². The van der Waals surface area contributed by atoms with E-state index in [9.17, 15) is 8.78 Å². The molecule has 2 heterocycles. The summed E-state index contributed by atoms with van der Waals surface area (Å²) in [6.07, 6.45) is 5.00. The Kier molecular flexibility index (Phi) is 5.11. The van der Waals surface area contributed by atoms with E-state index in [1.165, 1.54) is 23.1 Å². The standard InChI is InChI=1S/C13H14Cl2F2N4/c1-2-3-4-21-10(5-11(20-21)13(15,16)17)6-12-18-7-9(14)8-19-12/h5,7-8H,2-4,6H2,1H3. The smallest absolute Gasteiger partial charge is 0.269 e. The Hall–Kier alpha value is -1.27. The fourth-order valence-corrected chi connectivity index (χ4v) is 2.02. The van der Waals surface area contributed by atoms with Crippen LogP contribution >= 0.6 is 23.2 Å². The van der Waals surface area contributed by atoms with Crippen LogP contribution in [0.1, 0.15) is 37.0 Å². The summed E-state index contributed by atoms with van der Waals surface area (Å²) in [5.41, 5.74) is 0.144. The molecule has 0 bridgehead atoms. The van der Waals surface area contributed by atoms with Crippen molar-refractivity contribution in [1.29, 1.82) is 0 Å². The van der Waals surface area contributed by atoms with E-state index in [4.69, 9.17) is 23.2 Å². The maximum Gasteiger partial charge on any atom is 0.366 e. The molecule has 0 saturated heterocycles. The van der Waals surface area contributed by atoms with Gasteiger partial charge < -0.3 is 0 Å². The van der Waals surface area contributed by atoms with E-state index in [2.05, 4.69) is 15.1 Å². The summed E-state index contributed by atoms with van der Waals surface area (Å²) in [5.74, 6) is 0.487. The third-order valence-corrected chi connectivity index (χ3v) is 3.28. The number of hydrogen-bond acceptors (Lipinski definition) is 3. The second-order valence-corrected chi connectivity index (χ2v) is 5.50. The number of aryl methyl sites for hydroxylation is 1. The van der Waals surface area contributed by atoms with E-state index in [1.807, 2.05) is 6.92 Å². The topological polar surface area (TPSA) is 43.6 Å². The Morgan fingerprint density at radius 1 is 1.29 bits per heavy atom. The molecule has 0 radical (unpaired) electrons. The van der Waals surface area contributed by atoms with Crippen LogP contribution in [0, 0.1) is 0 Å². The van der Waals surface area contributed by atoms with Gasteiger partial charge in [-0.1, -0.05) is 24.9 Å². The number of alkyl halides is 3. The van der Waals surface area contributed by atoms with Gasteiger partial charge in [-0.25, -0.2) is 9.97 Å². The molecule has 0 saturated carbocycles. The van der Waals surface area contributed by atoms with Crippen LogP contribution in [0.4, 0.5) is 8.78 Å². The van der Waals surface area contributed by atoms with Crippen LogP contribution in [0.25, 0.3) is 0 Å². The summed E-state index contributed by atoms with van der Waals surface area (Å²) >= 11 is 10.8. The number of nitrogens with zero attached hydrogens (tertiary/aromatic N) is 4. The summed E-state index contributed by atoms with van der Waals surface area (Å²) in [7, 11) is 0. The molecule has 0 fully saturated rings. The van der Waals surface area contributed by atoms with E-state index in [1.54, 1.807) is 0 Å². The van der Waals surface area contributed by atoms with Gasteiger partial charge in [-0.3, -0.25) is 4.68 Å². The van der Waals surface area contributed by atoms with Gasteiger partial charge in [0.2, 0.25) is 0 Å². The highest BCUT2D eigenvalue weighted by molar-refractivity contribution is 6.30. The van der Waals surface area contributed by atoms with E-state index < -0.39 is 11.1 Å². The minimum atomic E-state index is -3.48. The van der Waals surface area contributed by atoms with Crippen molar-refractivity contribution in [3.8, 4) is 0 Å². The van der Waals surface area contributed by atoms with E-state index >= 15 is 0 Å². The lowest BCUT2D eigenvalue weighted by atomic mass is 10.2. The molecule has 0 aliphatic heterocycles. The van der Waals surface area contributed by atoms with E-state index in [0.29, 0.717) is 29.5 Å². The van der Waals surface area contributed by atoms with Crippen molar-refractivity contribution in [2.75, 3.05) is 0 Å². The fourth-order valence-electron chi connectivity index (χ4n) is 1.83. The van der Waals surface area contributed by atoms with Gasteiger partial charge in [-0.05, 0) is 24.1 Å². The first-order chi connectivity index (χ1) is 9.90. The van der Waals surface area contributed by atoms with Crippen molar-refractivity contribution < 1.29 is 8.78 Å². The largest absolute Gasteiger partial charge is 0.366 e. The molecular formula is C13H14Cl2F2N4. The van der Waals surface area contributed by atoms with Gasteiger partial charge in [0.1, 0.15) is 11.5 Å². The molecule has 0 aliphatic carbocycles. The van der Waals surface area contributed by atoms with Crippen LogP contribution in [0.2, 0.25) is 5.02 Å². The van der Waals surface area contributed by atoms with Crippen LogP contribution in [0.3, 0.4) is 0 Å². The van der Waals surface area contributed by atoms with E-state index in [0.717, 1.165) is 12.8 Å². The Morgan fingerprint density at radius 3 is 2.52 bits per heavy atom. The molecule has 0 unspecified atom stereocenters. The van der Waals surface area contributed by atoms with Crippen molar-refractivity contribution >= 4 is 23.2 Å². The monoisotopic (exact) mass is 334 g/mol. The number of halogens is 4. The summed E-state index contributed by atoms with van der Waals surface area (Å²) < 4.78 is 27.9. The Morgan fingerprint density at radius 2 is 1.95 bits per heavy atom. The maximum atomic E-state index is 13.2. The molecule has 0 atom stereocenters. The Balaban J connectivity index is 2.27. The zero-order valence-electron chi connectivity index (χ0n) is 11.4. The van der Waals surface area contributed by atoms with Gasteiger partial charge in [0.15, 0.2) is 0 Å². The van der Waals surface area contributed by atoms with Crippen LogP contribution in [-0.4, -0.2) is 19.7 Å². The maximum absolute atomic E-state index is 13.2. The molecule has 8 heteroatoms. The van der Waals surface area contributed by atoms with E-state index in [-0.39, 0.29) is 0 Å². The van der Waals surface area contributed by atoms with Crippen LogP contribution < -0.4 is 0 Å². The van der Waals surface area contributed by atoms with Gasteiger partial charge >= 0.3 is 5.38 Å². The number of unbranched alkanes of at least 4 members (excludes halogenated alkanes) is 1. The van der Waals surface area contributed by atoms with Crippen molar-refractivity contribution in [3.63, 3.8) is 0 Å². The first-order valence-corrected chi connectivity index (χ1v) is 7.26. The summed E-state index contributed by atoms with van der Waals surface area (Å²) in [6.45, 7) is 2.56. The van der Waals surface area contributed by atoms with Crippen LogP contribution in [0.15, 0.2) is 18.5 Å². The third kappa shape index (κ3) is 4.35. The summed E-state index contributed by atoms with van der Waals surface area (Å²) in [5, 5.41) is 0.829. The zero-order valence-corrected chi connectivity index (χ0v) is 12.9. The molecule has 2 rings (SSSR count). The molecule has 2 aromatic rings. The lowest BCUT2D eigenvalue weighted by molar-refractivity contribution is 0.0890. The quantitative estimate of drug-likeness (QED) is 0.750. The van der Waals surface area contributed by atoms with Gasteiger partial charge in [-0.15, -0.1) is 0 Å². The third-order valence-electron chi connectivity index (χ3n) is 2.89. The molecule has 21 heavy (non-hydrogen) atoms. The number of hydrogen-bond donors (Lipinski definition) is 0. The van der Waals surface area contributed by atoms with Gasteiger partial charge in [0.05, 0.1) is 5.02 Å². The van der Waals surface area contributed by atoms with Crippen molar-refractivity contribution in [1.82, 2.24) is 19.7 Å². The van der Waals surface area contributed by atoms with Gasteiger partial charge in [0.25, 0.3) is 0 Å². The van der Waals surface area contributed by atoms with Crippen LogP contribution in [0.5, 0.6) is 0 Å². The fraction of sp³-hybridized carbons (Fsp3) is 0.462. The lowest BCUT2D eigenvalue weighted by Gasteiger charge is -2.06. The highest BCUT2D eigenvalue weighted by atomic mass is 35.5. The molecule has 0 amide bonds. The van der Waals surface area contributed by atoms with Crippen LogP contribution in [-0.2, 0) is 18.3 Å². The van der Waals surface area contributed by atoms with Crippen molar-refractivity contribution in [2.45, 2.75) is 38.1 Å². The highest BCUT2D eigenvalue weighted by Crippen LogP contribution is 2.32. The summed E-state index contributed by atoms with van der Waals surface area (Å²) in [6, 6.07) is 1.29. The Labute approximate surface area is 131 Å². The predicted octanol–water partition coefficient (Wildman–Crippen LogP) is 4.01. The zero-order chi connectivity index (χ0) is 15.5. The molecule has 0 aromatic carbocycles. The Bertz CT molecular complexity index is 593. The molecular weight excluding hydrogens is 321 g/mol. The number of aromatic nitrogens is 4. The average molecular weight is 335 g/mol. The minimum absolute atomic E-state index is 0.293. The molecule has 2 aromatic heterocycles. The second kappa shape index (κ2) is 6.66. The summed E-state index contributed by atoms with van der Waals surface area (Å²) in [4.78, 5) is 8.12. The molecule has 4 nitrogen and oxygen atoms in total. The van der Waals surface area contributed by atoms with Gasteiger partial charge in [0, 0.05) is 31.1 Å². The minimum Gasteiger partial charge on any atom is -0.269 e. The second-order valence-electron chi connectivity index (χ2n) is 4.59. The predicted molar refractivity (Wildman–Crippen MR) is 76.7 cm³/mol. The molecule has 114 valence electrons. The first kappa shape index (κ1) is 16.1. The molecule has 0 aliphatic rings. The average Bonchev–Trinajstić information content (AvgIpc) is 2.82. The molecule has 0 N–H and O–H groups in total. The normalized spacial score (nSPS) is 11.9. The van der Waals surface area contributed by atoms with Crippen molar-refractivity contribution in [2.24, 2.45) is 0 Å². The lowest BCUT2D eigenvalue weighted by Crippen LogP contribution is -2.09. The first-order valence-electron chi connectivity index (χ1n) is 6.50. The SMILES string of the molecule is CCCCn1nc(C(F)(F)Cl)cc1Cc1ncc(Cl)cn1. The highest BCUT2D eigenvalue weighted by Gasteiger charge is 2.32.